The van der Waals surface area contributed by atoms with Crippen LogP contribution in [0.5, 0.6) is 0 Å². The number of para-hydroxylation sites is 1. The van der Waals surface area contributed by atoms with Crippen LogP contribution in [-0.2, 0) is 4.74 Å². The van der Waals surface area contributed by atoms with Crippen LogP contribution in [0.25, 0.3) is 0 Å². The Bertz CT molecular complexity index is 644. The van der Waals surface area contributed by atoms with Gasteiger partial charge in [0.15, 0.2) is 0 Å². The minimum Gasteiger partial charge on any atom is -0.465 e. The standard InChI is InChI=1S/C15H15FN2O2/c1-18(13-6-4-3-5-11(13)16)14-9-10(15(19)20-2)7-8-12(14)17/h3-9H,17H2,1-2H3. The van der Waals surface area contributed by atoms with Crippen molar-refractivity contribution in [3.05, 3.63) is 53.8 Å². The lowest BCUT2D eigenvalue weighted by molar-refractivity contribution is 0.0601. The van der Waals surface area contributed by atoms with E-state index in [-0.39, 0.29) is 5.82 Å². The largest absolute Gasteiger partial charge is 0.465 e. The second-order valence-electron chi connectivity index (χ2n) is 4.28. The Morgan fingerprint density at radius 3 is 2.55 bits per heavy atom. The van der Waals surface area contributed by atoms with Gasteiger partial charge >= 0.3 is 5.97 Å². The highest BCUT2D eigenvalue weighted by molar-refractivity contribution is 5.92. The Labute approximate surface area is 116 Å². The molecule has 4 nitrogen and oxygen atoms in total. The second kappa shape index (κ2) is 5.61. The van der Waals surface area contributed by atoms with Crippen LogP contribution in [0.2, 0.25) is 0 Å². The highest BCUT2D eigenvalue weighted by Crippen LogP contribution is 2.31. The molecule has 0 radical (unpaired) electrons. The van der Waals surface area contributed by atoms with E-state index in [4.69, 9.17) is 5.73 Å². The summed E-state index contributed by atoms with van der Waals surface area (Å²) in [5, 5.41) is 0. The molecule has 0 spiro atoms. The molecule has 2 aromatic rings. The van der Waals surface area contributed by atoms with Crippen LogP contribution >= 0.6 is 0 Å². The van der Waals surface area contributed by atoms with Crippen molar-refractivity contribution >= 4 is 23.0 Å². The third-order valence-electron chi connectivity index (χ3n) is 3.03. The predicted molar refractivity (Wildman–Crippen MR) is 76.7 cm³/mol. The van der Waals surface area contributed by atoms with Gasteiger partial charge in [-0.25, -0.2) is 9.18 Å². The molecule has 0 atom stereocenters. The van der Waals surface area contributed by atoms with Crippen molar-refractivity contribution in [2.75, 3.05) is 24.8 Å². The smallest absolute Gasteiger partial charge is 0.337 e. The first-order chi connectivity index (χ1) is 9.54. The molecule has 2 aromatic carbocycles. The van der Waals surface area contributed by atoms with Crippen molar-refractivity contribution in [1.82, 2.24) is 0 Å². The number of hydrogen-bond acceptors (Lipinski definition) is 4. The zero-order valence-corrected chi connectivity index (χ0v) is 11.3. The number of rotatable bonds is 3. The van der Waals surface area contributed by atoms with Gasteiger partial charge in [-0.1, -0.05) is 12.1 Å². The van der Waals surface area contributed by atoms with Gasteiger partial charge in [0.05, 0.1) is 29.7 Å². The molecular formula is C15H15FN2O2. The highest BCUT2D eigenvalue weighted by Gasteiger charge is 2.14. The monoisotopic (exact) mass is 274 g/mol. The fraction of sp³-hybridized carbons (Fsp3) is 0.133. The molecule has 0 aliphatic rings. The summed E-state index contributed by atoms with van der Waals surface area (Å²) in [5.74, 6) is -0.828. The van der Waals surface area contributed by atoms with Gasteiger partial charge in [0.1, 0.15) is 5.82 Å². The summed E-state index contributed by atoms with van der Waals surface area (Å²) in [5.41, 5.74) is 7.63. The van der Waals surface area contributed by atoms with E-state index in [0.717, 1.165) is 0 Å². The first-order valence-corrected chi connectivity index (χ1v) is 6.00. The Kier molecular flexibility index (Phi) is 3.89. The maximum Gasteiger partial charge on any atom is 0.337 e. The number of hydrogen-bond donors (Lipinski definition) is 1. The molecule has 0 aliphatic heterocycles. The van der Waals surface area contributed by atoms with Crippen LogP contribution in [0, 0.1) is 5.82 Å². The van der Waals surface area contributed by atoms with E-state index in [1.165, 1.54) is 13.2 Å². The molecule has 0 bridgehead atoms. The van der Waals surface area contributed by atoms with Gasteiger partial charge in [-0.2, -0.15) is 0 Å². The molecule has 0 fully saturated rings. The Hall–Kier alpha value is -2.56. The predicted octanol–water partition coefficient (Wildman–Crippen LogP) is 2.96. The van der Waals surface area contributed by atoms with Crippen molar-refractivity contribution in [3.8, 4) is 0 Å². The van der Waals surface area contributed by atoms with Gasteiger partial charge in [0.2, 0.25) is 0 Å². The zero-order chi connectivity index (χ0) is 14.7. The van der Waals surface area contributed by atoms with E-state index >= 15 is 0 Å². The van der Waals surface area contributed by atoms with Crippen molar-refractivity contribution in [2.24, 2.45) is 0 Å². The molecule has 0 unspecified atom stereocenters. The topological polar surface area (TPSA) is 55.6 Å². The van der Waals surface area contributed by atoms with Gasteiger partial charge < -0.3 is 15.4 Å². The van der Waals surface area contributed by atoms with E-state index in [1.54, 1.807) is 48.3 Å². The lowest BCUT2D eigenvalue weighted by atomic mass is 10.1. The Morgan fingerprint density at radius 2 is 1.90 bits per heavy atom. The lowest BCUT2D eigenvalue weighted by Gasteiger charge is -2.22. The quantitative estimate of drug-likeness (QED) is 0.690. The van der Waals surface area contributed by atoms with E-state index in [0.29, 0.717) is 22.6 Å². The number of nitrogens with two attached hydrogens (primary N) is 1. The van der Waals surface area contributed by atoms with Crippen molar-refractivity contribution in [1.29, 1.82) is 0 Å². The first-order valence-electron chi connectivity index (χ1n) is 6.00. The first kappa shape index (κ1) is 13.9. The molecule has 2 rings (SSSR count). The maximum atomic E-state index is 13.8. The van der Waals surface area contributed by atoms with Crippen LogP contribution < -0.4 is 10.6 Å². The highest BCUT2D eigenvalue weighted by atomic mass is 19.1. The number of halogens is 1. The van der Waals surface area contributed by atoms with Crippen LogP contribution in [0.3, 0.4) is 0 Å². The molecule has 0 heterocycles. The summed E-state index contributed by atoms with van der Waals surface area (Å²) in [7, 11) is 2.99. The Balaban J connectivity index is 2.46. The number of nitrogen functional groups attached to an aromatic ring is 1. The van der Waals surface area contributed by atoms with Gasteiger partial charge in [-0.15, -0.1) is 0 Å². The van der Waals surface area contributed by atoms with Crippen LogP contribution in [0.1, 0.15) is 10.4 Å². The van der Waals surface area contributed by atoms with Crippen molar-refractivity contribution in [3.63, 3.8) is 0 Å². The van der Waals surface area contributed by atoms with Crippen molar-refractivity contribution in [2.45, 2.75) is 0 Å². The molecule has 0 aliphatic carbocycles. The number of carbonyl (C=O) groups is 1. The van der Waals surface area contributed by atoms with E-state index in [9.17, 15) is 9.18 Å². The van der Waals surface area contributed by atoms with Crippen LogP contribution in [-0.4, -0.2) is 20.1 Å². The molecular weight excluding hydrogens is 259 g/mol. The number of methoxy groups -OCH3 is 1. The second-order valence-corrected chi connectivity index (χ2v) is 4.28. The number of ether oxygens (including phenoxy) is 1. The molecule has 0 aromatic heterocycles. The van der Waals surface area contributed by atoms with Crippen LogP contribution in [0.4, 0.5) is 21.5 Å². The number of esters is 1. The summed E-state index contributed by atoms with van der Waals surface area (Å²) >= 11 is 0. The number of nitrogens with zero attached hydrogens (tertiary/aromatic N) is 1. The van der Waals surface area contributed by atoms with E-state index < -0.39 is 5.97 Å². The molecule has 0 saturated carbocycles. The van der Waals surface area contributed by atoms with Gasteiger partial charge in [-0.05, 0) is 30.3 Å². The SMILES string of the molecule is COC(=O)c1ccc(N)c(N(C)c2ccccc2F)c1. The fourth-order valence-corrected chi connectivity index (χ4v) is 1.93. The summed E-state index contributed by atoms with van der Waals surface area (Å²) in [6.45, 7) is 0. The fourth-order valence-electron chi connectivity index (χ4n) is 1.93. The van der Waals surface area contributed by atoms with Crippen LogP contribution in [0.15, 0.2) is 42.5 Å². The minimum atomic E-state index is -0.465. The lowest BCUT2D eigenvalue weighted by Crippen LogP contribution is -2.14. The normalized spacial score (nSPS) is 10.2. The summed E-state index contributed by atoms with van der Waals surface area (Å²) in [6, 6.07) is 11.1. The molecule has 2 N–H and O–H groups in total. The average molecular weight is 274 g/mol. The average Bonchev–Trinajstić information content (AvgIpc) is 2.46. The summed E-state index contributed by atoms with van der Waals surface area (Å²) in [6.07, 6.45) is 0. The summed E-state index contributed by atoms with van der Waals surface area (Å²) in [4.78, 5) is 13.1. The Morgan fingerprint density at radius 1 is 1.20 bits per heavy atom. The number of anilines is 3. The molecule has 104 valence electrons. The van der Waals surface area contributed by atoms with Gasteiger partial charge in [-0.3, -0.25) is 0 Å². The summed E-state index contributed by atoms with van der Waals surface area (Å²) < 4.78 is 18.5. The molecule has 0 amide bonds. The third kappa shape index (κ3) is 2.56. The van der Waals surface area contributed by atoms with Gasteiger partial charge in [0.25, 0.3) is 0 Å². The maximum absolute atomic E-state index is 13.8. The van der Waals surface area contributed by atoms with E-state index in [2.05, 4.69) is 4.74 Å². The van der Waals surface area contributed by atoms with Gasteiger partial charge in [0, 0.05) is 7.05 Å². The van der Waals surface area contributed by atoms with Crippen molar-refractivity contribution < 1.29 is 13.9 Å². The zero-order valence-electron chi connectivity index (χ0n) is 11.3. The molecule has 0 saturated heterocycles. The molecule has 20 heavy (non-hydrogen) atoms. The number of benzene rings is 2. The molecule has 5 heteroatoms. The minimum absolute atomic E-state index is 0.361. The van der Waals surface area contributed by atoms with E-state index in [1.807, 2.05) is 0 Å². The third-order valence-corrected chi connectivity index (χ3v) is 3.03. The number of carbonyl (C=O) groups excluding carboxylic acids is 1.